The van der Waals surface area contributed by atoms with Crippen LogP contribution < -0.4 is 10.9 Å². The molecule has 28 heavy (non-hydrogen) atoms. The number of nitrogens with one attached hydrogen (secondary N) is 1. The third-order valence-corrected chi connectivity index (χ3v) is 5.73. The van der Waals surface area contributed by atoms with Gasteiger partial charge in [-0.3, -0.25) is 9.59 Å². The highest BCUT2D eigenvalue weighted by Gasteiger charge is 2.32. The quantitative estimate of drug-likeness (QED) is 0.692. The van der Waals surface area contributed by atoms with Gasteiger partial charge in [-0.25, -0.2) is 4.98 Å². The van der Waals surface area contributed by atoms with Gasteiger partial charge in [0, 0.05) is 24.8 Å². The Labute approximate surface area is 167 Å². The molecule has 8 heteroatoms. The van der Waals surface area contributed by atoms with Gasteiger partial charge in [0.25, 0.3) is 5.56 Å². The van der Waals surface area contributed by atoms with Crippen LogP contribution in [0.25, 0.3) is 4.96 Å². The van der Waals surface area contributed by atoms with Crippen LogP contribution >= 0.6 is 11.3 Å². The standard InChI is InChI=1S/C20H23N5O2S/c1-3-4-15-11-17(26)25-20(21-15)28-19(23-25)22-16-9-10-24(18(16)27)12-14-7-5-13(2)6-8-14/h5-8,11,16H,3-4,9-10,12H2,1-2H3,(H,22,23). The second kappa shape index (κ2) is 7.71. The molecule has 3 heterocycles. The molecule has 146 valence electrons. The fourth-order valence-corrected chi connectivity index (χ4v) is 4.27. The first-order valence-electron chi connectivity index (χ1n) is 9.54. The molecular weight excluding hydrogens is 374 g/mol. The van der Waals surface area contributed by atoms with Gasteiger partial charge in [0.15, 0.2) is 0 Å². The van der Waals surface area contributed by atoms with Crippen molar-refractivity contribution in [3.8, 4) is 0 Å². The van der Waals surface area contributed by atoms with E-state index in [1.165, 1.54) is 27.5 Å². The van der Waals surface area contributed by atoms with Crippen molar-refractivity contribution in [2.75, 3.05) is 11.9 Å². The topological polar surface area (TPSA) is 79.6 Å². The van der Waals surface area contributed by atoms with Gasteiger partial charge < -0.3 is 10.2 Å². The molecule has 1 aliphatic heterocycles. The summed E-state index contributed by atoms with van der Waals surface area (Å²) in [6.45, 7) is 5.41. The van der Waals surface area contributed by atoms with Crippen LogP contribution in [-0.4, -0.2) is 38.0 Å². The maximum absolute atomic E-state index is 12.8. The highest BCUT2D eigenvalue weighted by molar-refractivity contribution is 7.20. The molecule has 1 atom stereocenters. The highest BCUT2D eigenvalue weighted by atomic mass is 32.1. The number of benzene rings is 1. The van der Waals surface area contributed by atoms with E-state index in [1.54, 1.807) is 0 Å². The minimum absolute atomic E-state index is 0.0619. The summed E-state index contributed by atoms with van der Waals surface area (Å²) < 4.78 is 1.30. The number of amides is 1. The van der Waals surface area contributed by atoms with Crippen LogP contribution in [0.15, 0.2) is 35.1 Å². The van der Waals surface area contributed by atoms with Crippen LogP contribution in [0.2, 0.25) is 0 Å². The molecule has 0 bridgehead atoms. The predicted molar refractivity (Wildman–Crippen MR) is 110 cm³/mol. The van der Waals surface area contributed by atoms with Crippen molar-refractivity contribution in [2.24, 2.45) is 0 Å². The number of aromatic nitrogens is 3. The maximum Gasteiger partial charge on any atom is 0.275 e. The highest BCUT2D eigenvalue weighted by Crippen LogP contribution is 2.22. The molecule has 2 aromatic heterocycles. The molecule has 0 saturated carbocycles. The monoisotopic (exact) mass is 397 g/mol. The Morgan fingerprint density at radius 3 is 2.79 bits per heavy atom. The largest absolute Gasteiger partial charge is 0.348 e. The van der Waals surface area contributed by atoms with Crippen LogP contribution in [-0.2, 0) is 17.8 Å². The normalized spacial score (nSPS) is 16.9. The number of anilines is 1. The van der Waals surface area contributed by atoms with E-state index in [2.05, 4.69) is 46.6 Å². The van der Waals surface area contributed by atoms with Crippen molar-refractivity contribution in [1.29, 1.82) is 0 Å². The first-order valence-corrected chi connectivity index (χ1v) is 10.4. The number of hydrogen-bond donors (Lipinski definition) is 1. The van der Waals surface area contributed by atoms with E-state index in [0.29, 0.717) is 29.6 Å². The van der Waals surface area contributed by atoms with Gasteiger partial charge in [-0.05, 0) is 25.3 Å². The molecule has 1 amide bonds. The van der Waals surface area contributed by atoms with Crippen LogP contribution in [0.3, 0.4) is 0 Å². The maximum atomic E-state index is 12.8. The number of rotatable bonds is 6. The van der Waals surface area contributed by atoms with Crippen molar-refractivity contribution in [2.45, 2.75) is 45.7 Å². The SMILES string of the molecule is CCCc1cc(=O)n2nc(NC3CCN(Cc4ccc(C)cc4)C3=O)sc2n1. The lowest BCUT2D eigenvalue weighted by Gasteiger charge is -2.17. The lowest BCUT2D eigenvalue weighted by atomic mass is 10.1. The Balaban J connectivity index is 1.47. The Hall–Kier alpha value is -2.74. The lowest BCUT2D eigenvalue weighted by Crippen LogP contribution is -2.33. The Morgan fingerprint density at radius 1 is 1.25 bits per heavy atom. The van der Waals surface area contributed by atoms with Crippen LogP contribution in [0, 0.1) is 6.92 Å². The summed E-state index contributed by atoms with van der Waals surface area (Å²) in [7, 11) is 0. The zero-order chi connectivity index (χ0) is 19.7. The molecule has 4 rings (SSSR count). The minimum atomic E-state index is -0.322. The van der Waals surface area contributed by atoms with Crippen LogP contribution in [0.5, 0.6) is 0 Å². The van der Waals surface area contributed by atoms with E-state index in [-0.39, 0.29) is 17.5 Å². The van der Waals surface area contributed by atoms with Crippen molar-refractivity contribution < 1.29 is 4.79 Å². The van der Waals surface area contributed by atoms with Crippen molar-refractivity contribution in [3.05, 3.63) is 57.5 Å². The van der Waals surface area contributed by atoms with Gasteiger partial charge >= 0.3 is 0 Å². The molecule has 0 aliphatic carbocycles. The first-order chi connectivity index (χ1) is 13.5. The summed E-state index contributed by atoms with van der Waals surface area (Å²) in [5.74, 6) is 0.0619. The summed E-state index contributed by atoms with van der Waals surface area (Å²) in [6.07, 6.45) is 2.41. The number of carbonyl (C=O) groups is 1. The minimum Gasteiger partial charge on any atom is -0.348 e. The van der Waals surface area contributed by atoms with Gasteiger partial charge in [0.1, 0.15) is 6.04 Å². The molecule has 1 aliphatic rings. The van der Waals surface area contributed by atoms with E-state index in [1.807, 2.05) is 11.8 Å². The summed E-state index contributed by atoms with van der Waals surface area (Å²) in [6, 6.07) is 9.45. The molecule has 1 saturated heterocycles. The molecule has 1 unspecified atom stereocenters. The molecule has 3 aromatic rings. The fraction of sp³-hybridized carbons (Fsp3) is 0.400. The number of carbonyl (C=O) groups excluding carboxylic acids is 1. The molecule has 1 N–H and O–H groups in total. The first kappa shape index (κ1) is 18.6. The molecule has 1 aromatic carbocycles. The third-order valence-electron chi connectivity index (χ3n) is 4.89. The van der Waals surface area contributed by atoms with Gasteiger partial charge in [-0.1, -0.05) is 54.5 Å². The number of aryl methyl sites for hydroxylation is 2. The van der Waals surface area contributed by atoms with Crippen LogP contribution in [0.4, 0.5) is 5.13 Å². The van der Waals surface area contributed by atoms with Gasteiger partial charge in [0.2, 0.25) is 16.0 Å². The molecule has 1 fully saturated rings. The Bertz CT molecular complexity index is 1060. The third kappa shape index (κ3) is 3.77. The molecule has 7 nitrogen and oxygen atoms in total. The zero-order valence-corrected chi connectivity index (χ0v) is 16.8. The number of hydrogen-bond acceptors (Lipinski definition) is 6. The summed E-state index contributed by atoms with van der Waals surface area (Å²) in [4.78, 5) is 31.9. The van der Waals surface area contributed by atoms with E-state index < -0.39 is 0 Å². The van der Waals surface area contributed by atoms with Gasteiger partial charge in [0.05, 0.1) is 0 Å². The predicted octanol–water partition coefficient (Wildman–Crippen LogP) is 2.62. The average molecular weight is 398 g/mol. The van der Waals surface area contributed by atoms with Crippen molar-refractivity contribution >= 4 is 27.3 Å². The van der Waals surface area contributed by atoms with Crippen molar-refractivity contribution in [1.82, 2.24) is 19.5 Å². The summed E-state index contributed by atoms with van der Waals surface area (Å²) >= 11 is 1.31. The number of likely N-dealkylation sites (tertiary alicyclic amines) is 1. The van der Waals surface area contributed by atoms with E-state index in [0.717, 1.165) is 24.1 Å². The fourth-order valence-electron chi connectivity index (χ4n) is 3.39. The van der Waals surface area contributed by atoms with Gasteiger partial charge in [-0.15, -0.1) is 5.10 Å². The van der Waals surface area contributed by atoms with Crippen molar-refractivity contribution in [3.63, 3.8) is 0 Å². The second-order valence-electron chi connectivity index (χ2n) is 7.17. The van der Waals surface area contributed by atoms with Gasteiger partial charge in [-0.2, -0.15) is 4.52 Å². The zero-order valence-electron chi connectivity index (χ0n) is 16.0. The second-order valence-corrected chi connectivity index (χ2v) is 8.12. The summed E-state index contributed by atoms with van der Waals surface area (Å²) in [5.41, 5.74) is 2.93. The molecule has 0 radical (unpaired) electrons. The Morgan fingerprint density at radius 2 is 2.04 bits per heavy atom. The molecule has 0 spiro atoms. The van der Waals surface area contributed by atoms with E-state index in [9.17, 15) is 9.59 Å². The molecular formula is C20H23N5O2S. The smallest absolute Gasteiger partial charge is 0.275 e. The lowest BCUT2D eigenvalue weighted by molar-refractivity contribution is -0.128. The number of fused-ring (bicyclic) bond motifs is 1. The van der Waals surface area contributed by atoms with E-state index in [4.69, 9.17) is 0 Å². The Kier molecular flexibility index (Phi) is 5.13. The number of nitrogens with zero attached hydrogens (tertiary/aromatic N) is 4. The average Bonchev–Trinajstić information content (AvgIpc) is 3.22. The van der Waals surface area contributed by atoms with E-state index >= 15 is 0 Å². The summed E-state index contributed by atoms with van der Waals surface area (Å²) in [5, 5.41) is 8.06. The van der Waals surface area contributed by atoms with Crippen LogP contribution in [0.1, 0.15) is 36.6 Å².